The first-order valence-corrected chi connectivity index (χ1v) is 11.7. The number of benzene rings is 2. The van der Waals surface area contributed by atoms with Crippen LogP contribution in [0.3, 0.4) is 0 Å². The molecule has 0 spiro atoms. The predicted octanol–water partition coefficient (Wildman–Crippen LogP) is 3.66. The molecule has 1 saturated heterocycles. The van der Waals surface area contributed by atoms with E-state index >= 15 is 0 Å². The van der Waals surface area contributed by atoms with E-state index in [1.807, 2.05) is 23.2 Å². The van der Waals surface area contributed by atoms with Crippen LogP contribution in [0.4, 0.5) is 0 Å². The molecular formula is C26H27N5O2. The molecule has 0 radical (unpaired) electrons. The molecule has 1 saturated carbocycles. The minimum atomic E-state index is -0.112. The summed E-state index contributed by atoms with van der Waals surface area (Å²) >= 11 is 0. The number of hydrogen-bond acceptors (Lipinski definition) is 3. The summed E-state index contributed by atoms with van der Waals surface area (Å²) in [5.41, 5.74) is 4.20. The molecule has 1 N–H and O–H groups in total. The van der Waals surface area contributed by atoms with E-state index in [0.29, 0.717) is 18.3 Å². The van der Waals surface area contributed by atoms with Crippen molar-refractivity contribution in [3.8, 4) is 22.5 Å². The van der Waals surface area contributed by atoms with Crippen molar-refractivity contribution in [2.75, 3.05) is 13.1 Å². The van der Waals surface area contributed by atoms with Gasteiger partial charge in [0.15, 0.2) is 5.82 Å². The van der Waals surface area contributed by atoms with Gasteiger partial charge in [-0.05, 0) is 59.9 Å². The monoisotopic (exact) mass is 441 g/mol. The van der Waals surface area contributed by atoms with Gasteiger partial charge in [0.2, 0.25) is 5.91 Å². The van der Waals surface area contributed by atoms with E-state index in [1.54, 1.807) is 11.6 Å². The van der Waals surface area contributed by atoms with Crippen LogP contribution in [0.2, 0.25) is 0 Å². The van der Waals surface area contributed by atoms with Crippen LogP contribution in [0.5, 0.6) is 0 Å². The van der Waals surface area contributed by atoms with Crippen LogP contribution in [0.1, 0.15) is 19.3 Å². The molecule has 2 aromatic carbocycles. The Morgan fingerprint density at radius 3 is 2.58 bits per heavy atom. The topological polar surface area (TPSA) is 75.9 Å². The van der Waals surface area contributed by atoms with Gasteiger partial charge in [-0.2, -0.15) is 0 Å². The molecule has 33 heavy (non-hydrogen) atoms. The zero-order valence-electron chi connectivity index (χ0n) is 18.7. The molecule has 2 aliphatic rings. The minimum Gasteiger partial charge on any atom is -0.361 e. The summed E-state index contributed by atoms with van der Waals surface area (Å²) in [4.78, 5) is 30.5. The average molecular weight is 442 g/mol. The van der Waals surface area contributed by atoms with Crippen molar-refractivity contribution in [2.45, 2.75) is 25.8 Å². The molecule has 7 nitrogen and oxygen atoms in total. The Morgan fingerprint density at radius 2 is 1.79 bits per heavy atom. The Labute approximate surface area is 191 Å². The Morgan fingerprint density at radius 1 is 1.03 bits per heavy atom. The summed E-state index contributed by atoms with van der Waals surface area (Å²) in [6.07, 6.45) is 4.94. The lowest BCUT2D eigenvalue weighted by molar-refractivity contribution is -0.131. The van der Waals surface area contributed by atoms with Crippen LogP contribution in [-0.2, 0) is 18.4 Å². The predicted molar refractivity (Wildman–Crippen MR) is 128 cm³/mol. The van der Waals surface area contributed by atoms with Crippen molar-refractivity contribution >= 4 is 16.8 Å². The van der Waals surface area contributed by atoms with E-state index in [1.165, 1.54) is 10.1 Å². The molecule has 1 amide bonds. The number of nitrogens with zero attached hydrogens (tertiary/aromatic N) is 4. The molecule has 3 heterocycles. The number of carbonyl (C=O) groups is 1. The summed E-state index contributed by atoms with van der Waals surface area (Å²) in [7, 11) is 1.69. The largest absolute Gasteiger partial charge is 0.361 e. The lowest BCUT2D eigenvalue weighted by Crippen LogP contribution is -2.31. The number of carbonyl (C=O) groups excluding carboxylic acids is 1. The van der Waals surface area contributed by atoms with Crippen LogP contribution in [0, 0.1) is 11.8 Å². The van der Waals surface area contributed by atoms with Gasteiger partial charge in [0.1, 0.15) is 0 Å². The third-order valence-electron chi connectivity index (χ3n) is 7.00. The Bertz CT molecular complexity index is 1390. The highest BCUT2D eigenvalue weighted by atomic mass is 16.2. The van der Waals surface area contributed by atoms with E-state index < -0.39 is 0 Å². The van der Waals surface area contributed by atoms with Gasteiger partial charge in [-0.25, -0.2) is 9.48 Å². The maximum Gasteiger partial charge on any atom is 0.345 e. The van der Waals surface area contributed by atoms with E-state index in [-0.39, 0.29) is 17.5 Å². The normalized spacial score (nSPS) is 18.3. The second-order valence-corrected chi connectivity index (χ2v) is 9.41. The first kappa shape index (κ1) is 20.0. The maximum absolute atomic E-state index is 12.9. The number of amides is 1. The summed E-state index contributed by atoms with van der Waals surface area (Å²) in [6.45, 7) is 2.11. The molecule has 1 atom stereocenters. The number of H-pyrrole nitrogens is 1. The standard InChI is InChI=1S/C26H27N5O2/c1-29-26(33)31(16-17-11-13-30(15-17)25(32)20-6-7-20)24(28-29)19-4-2-18(3-5-19)21-8-9-23-22(14-21)10-12-27-23/h2-5,8-10,12,14,17,20,27H,6-7,11,13,15-16H2,1H3/t17-/m1/s1. The van der Waals surface area contributed by atoms with Gasteiger partial charge in [-0.15, -0.1) is 5.10 Å². The summed E-state index contributed by atoms with van der Waals surface area (Å²) < 4.78 is 3.18. The van der Waals surface area contributed by atoms with E-state index in [2.05, 4.69) is 46.5 Å². The fraction of sp³-hybridized carbons (Fsp3) is 0.346. The second-order valence-electron chi connectivity index (χ2n) is 9.41. The molecule has 1 aliphatic carbocycles. The SMILES string of the molecule is Cn1nc(-c2ccc(-c3ccc4[nH]ccc4c3)cc2)n(C[C@@H]2CCN(C(=O)C3CC3)C2)c1=O. The van der Waals surface area contributed by atoms with Gasteiger partial charge in [0.25, 0.3) is 0 Å². The van der Waals surface area contributed by atoms with E-state index in [9.17, 15) is 9.59 Å². The van der Waals surface area contributed by atoms with E-state index in [0.717, 1.165) is 54.6 Å². The highest BCUT2D eigenvalue weighted by Gasteiger charge is 2.36. The smallest absolute Gasteiger partial charge is 0.345 e. The highest BCUT2D eigenvalue weighted by Crippen LogP contribution is 2.33. The molecule has 0 bridgehead atoms. The fourth-order valence-corrected chi connectivity index (χ4v) is 4.96. The molecule has 4 aromatic rings. The molecule has 0 unspecified atom stereocenters. The third-order valence-corrected chi connectivity index (χ3v) is 7.00. The lowest BCUT2D eigenvalue weighted by Gasteiger charge is -2.16. The molecule has 2 aromatic heterocycles. The average Bonchev–Trinajstić information content (AvgIpc) is 3.28. The fourth-order valence-electron chi connectivity index (χ4n) is 4.96. The number of aryl methyl sites for hydroxylation is 1. The van der Waals surface area contributed by atoms with Crippen molar-refractivity contribution in [2.24, 2.45) is 18.9 Å². The van der Waals surface area contributed by atoms with Crippen LogP contribution in [0.25, 0.3) is 33.4 Å². The summed E-state index contributed by atoms with van der Waals surface area (Å²) in [5, 5.41) is 5.72. The molecule has 2 fully saturated rings. The van der Waals surface area contributed by atoms with Crippen molar-refractivity contribution in [1.29, 1.82) is 0 Å². The Kier molecular flexibility index (Phi) is 4.71. The lowest BCUT2D eigenvalue weighted by atomic mass is 10.0. The molecule has 7 heteroatoms. The molecule has 1 aliphatic heterocycles. The Hall–Kier alpha value is -3.61. The quantitative estimate of drug-likeness (QED) is 0.514. The maximum atomic E-state index is 12.9. The number of hydrogen-bond donors (Lipinski definition) is 1. The number of aromatic nitrogens is 4. The van der Waals surface area contributed by atoms with Crippen LogP contribution in [0.15, 0.2) is 59.5 Å². The number of nitrogens with one attached hydrogen (secondary N) is 1. The number of aromatic amines is 1. The van der Waals surface area contributed by atoms with Gasteiger partial charge in [0, 0.05) is 49.9 Å². The van der Waals surface area contributed by atoms with Gasteiger partial charge >= 0.3 is 5.69 Å². The number of fused-ring (bicyclic) bond motifs is 1. The zero-order valence-corrected chi connectivity index (χ0v) is 18.7. The van der Waals surface area contributed by atoms with Crippen molar-refractivity contribution in [3.05, 3.63) is 65.2 Å². The van der Waals surface area contributed by atoms with Crippen LogP contribution in [-0.4, -0.2) is 43.2 Å². The summed E-state index contributed by atoms with van der Waals surface area (Å²) in [5.74, 6) is 1.50. The number of likely N-dealkylation sites (tertiary alicyclic amines) is 1. The number of rotatable bonds is 5. The van der Waals surface area contributed by atoms with Gasteiger partial charge < -0.3 is 9.88 Å². The first-order valence-electron chi connectivity index (χ1n) is 11.7. The minimum absolute atomic E-state index is 0.112. The summed E-state index contributed by atoms with van der Waals surface area (Å²) in [6, 6.07) is 16.7. The first-order chi connectivity index (χ1) is 16.1. The third kappa shape index (κ3) is 3.67. The van der Waals surface area contributed by atoms with Crippen molar-refractivity contribution in [1.82, 2.24) is 24.2 Å². The van der Waals surface area contributed by atoms with Gasteiger partial charge in [-0.3, -0.25) is 9.36 Å². The second kappa shape index (κ2) is 7.76. The van der Waals surface area contributed by atoms with Gasteiger partial charge in [-0.1, -0.05) is 30.3 Å². The van der Waals surface area contributed by atoms with Crippen LogP contribution >= 0.6 is 0 Å². The molecular weight excluding hydrogens is 414 g/mol. The van der Waals surface area contributed by atoms with Crippen molar-refractivity contribution < 1.29 is 4.79 Å². The molecule has 168 valence electrons. The zero-order chi connectivity index (χ0) is 22.5. The highest BCUT2D eigenvalue weighted by molar-refractivity contribution is 5.85. The van der Waals surface area contributed by atoms with Gasteiger partial charge in [0.05, 0.1) is 0 Å². The van der Waals surface area contributed by atoms with Crippen molar-refractivity contribution in [3.63, 3.8) is 0 Å². The molecule has 6 rings (SSSR count). The van der Waals surface area contributed by atoms with Crippen LogP contribution < -0.4 is 5.69 Å². The Balaban J connectivity index is 1.25. The van der Waals surface area contributed by atoms with E-state index in [4.69, 9.17) is 0 Å².